The topological polar surface area (TPSA) is 35.5 Å². The molecule has 3 nitrogen and oxygen atoms in total. The van der Waals surface area contributed by atoms with E-state index in [0.29, 0.717) is 11.1 Å². The van der Waals surface area contributed by atoms with Crippen LogP contribution in [-0.2, 0) is 10.9 Å². The van der Waals surface area contributed by atoms with Crippen LogP contribution in [0.1, 0.15) is 15.9 Å². The number of rotatable bonds is 7. The lowest BCUT2D eigenvalue weighted by molar-refractivity contribution is 0.103. The van der Waals surface area contributed by atoms with Gasteiger partial charge < -0.3 is 9.47 Å². The molecule has 0 aromatic heterocycles. The summed E-state index contributed by atoms with van der Waals surface area (Å²) in [5.74, 6) is 0.959. The van der Waals surface area contributed by atoms with Crippen LogP contribution in [0.2, 0.25) is 0 Å². The largest absolute Gasteiger partial charge is 0.497 e. The number of benzene rings is 4. The van der Waals surface area contributed by atoms with Gasteiger partial charge in [0.15, 0.2) is 21.3 Å². The summed E-state index contributed by atoms with van der Waals surface area (Å²) in [5, 5.41) is 0. The quantitative estimate of drug-likeness (QED) is 0.252. The van der Waals surface area contributed by atoms with Gasteiger partial charge in [-0.3, -0.25) is 4.79 Å². The maximum atomic E-state index is 13.2. The minimum absolute atomic E-state index is 0.141. The summed E-state index contributed by atoms with van der Waals surface area (Å²) >= 11 is 0. The highest BCUT2D eigenvalue weighted by Gasteiger charge is 2.32. The molecule has 0 saturated heterocycles. The van der Waals surface area contributed by atoms with Crippen molar-refractivity contribution in [2.24, 2.45) is 0 Å². The van der Waals surface area contributed by atoms with E-state index >= 15 is 0 Å². The lowest BCUT2D eigenvalue weighted by atomic mass is 10.0. The first-order valence-electron chi connectivity index (χ1n) is 10.0. The number of carbonyl (C=O) groups excluding carboxylic acids is 1. The van der Waals surface area contributed by atoms with E-state index in [9.17, 15) is 9.18 Å². The Morgan fingerprint density at radius 2 is 1.31 bits per heavy atom. The van der Waals surface area contributed by atoms with Gasteiger partial charge in [0.25, 0.3) is 0 Å². The second-order valence-corrected chi connectivity index (χ2v) is 8.99. The van der Waals surface area contributed by atoms with Crippen LogP contribution in [0.25, 0.3) is 0 Å². The smallest absolute Gasteiger partial charge is 0.208 e. The van der Waals surface area contributed by atoms with Crippen molar-refractivity contribution in [3.8, 4) is 11.5 Å². The third kappa shape index (κ3) is 4.53. The van der Waals surface area contributed by atoms with E-state index in [1.807, 2.05) is 60.7 Å². The Bertz CT molecular complexity index is 1210. The zero-order chi connectivity index (χ0) is 22.5. The Hall–Kier alpha value is -3.57. The number of halogens is 1. The van der Waals surface area contributed by atoms with Crippen molar-refractivity contribution in [2.75, 3.05) is 14.2 Å². The molecule has 32 heavy (non-hydrogen) atoms. The molecular formula is C27H22FO3S+. The molecule has 4 aromatic rings. The molecule has 4 aromatic carbocycles. The molecule has 0 fully saturated rings. The van der Waals surface area contributed by atoms with Gasteiger partial charge in [0.2, 0.25) is 4.90 Å². The number of carbonyl (C=O) groups is 1. The molecule has 0 spiro atoms. The molecule has 0 aliphatic carbocycles. The molecule has 5 heteroatoms. The van der Waals surface area contributed by atoms with E-state index < -0.39 is 10.9 Å². The highest BCUT2D eigenvalue weighted by molar-refractivity contribution is 7.97. The molecule has 1 unspecified atom stereocenters. The second kappa shape index (κ2) is 9.71. The summed E-state index contributed by atoms with van der Waals surface area (Å²) in [6.07, 6.45) is 0. The van der Waals surface area contributed by atoms with E-state index in [-0.39, 0.29) is 11.6 Å². The number of methoxy groups -OCH3 is 2. The van der Waals surface area contributed by atoms with E-state index in [4.69, 9.17) is 9.47 Å². The van der Waals surface area contributed by atoms with Crippen LogP contribution in [0.3, 0.4) is 0 Å². The molecule has 0 radical (unpaired) electrons. The number of hydrogen-bond donors (Lipinski definition) is 0. The predicted octanol–water partition coefficient (Wildman–Crippen LogP) is 6.17. The van der Waals surface area contributed by atoms with Crippen LogP contribution in [-0.4, -0.2) is 20.0 Å². The fourth-order valence-corrected chi connectivity index (χ4v) is 5.57. The average Bonchev–Trinajstić information content (AvgIpc) is 2.85. The maximum absolute atomic E-state index is 13.2. The van der Waals surface area contributed by atoms with Crippen LogP contribution in [0.4, 0.5) is 4.39 Å². The minimum atomic E-state index is -0.447. The Morgan fingerprint density at radius 1 is 0.719 bits per heavy atom. The lowest BCUT2D eigenvalue weighted by Crippen LogP contribution is -2.08. The molecule has 0 N–H and O–H groups in total. The summed E-state index contributed by atoms with van der Waals surface area (Å²) in [4.78, 5) is 16.0. The van der Waals surface area contributed by atoms with Gasteiger partial charge in [-0.15, -0.1) is 0 Å². The molecule has 160 valence electrons. The minimum Gasteiger partial charge on any atom is -0.497 e. The standard InChI is InChI=1S/C27H22FO3S/c1-30-22-14-17-26(25(18-22)31-2)32(23-6-4-3-5-7-23)24-15-10-20(11-16-24)27(29)19-8-12-21(28)13-9-19/h3-18H,1-2H3/q+1. The molecule has 0 amide bonds. The van der Waals surface area contributed by atoms with Crippen molar-refractivity contribution in [1.82, 2.24) is 0 Å². The predicted molar refractivity (Wildman–Crippen MR) is 124 cm³/mol. The molecule has 0 heterocycles. The van der Waals surface area contributed by atoms with Crippen molar-refractivity contribution in [1.29, 1.82) is 0 Å². The fraction of sp³-hybridized carbons (Fsp3) is 0.0741. The highest BCUT2D eigenvalue weighted by atomic mass is 32.2. The van der Waals surface area contributed by atoms with E-state index in [1.54, 1.807) is 14.2 Å². The summed E-state index contributed by atoms with van der Waals surface area (Å²) < 4.78 is 24.2. The second-order valence-electron chi connectivity index (χ2n) is 7.00. The van der Waals surface area contributed by atoms with Gasteiger partial charge in [-0.2, -0.15) is 0 Å². The maximum Gasteiger partial charge on any atom is 0.208 e. The van der Waals surface area contributed by atoms with Crippen LogP contribution in [0.5, 0.6) is 11.5 Å². The van der Waals surface area contributed by atoms with Crippen LogP contribution >= 0.6 is 0 Å². The summed E-state index contributed by atoms with van der Waals surface area (Å²) in [6.45, 7) is 0. The van der Waals surface area contributed by atoms with Gasteiger partial charge in [-0.1, -0.05) is 18.2 Å². The van der Waals surface area contributed by atoms with Gasteiger partial charge in [0.05, 0.1) is 14.2 Å². The number of hydrogen-bond acceptors (Lipinski definition) is 3. The zero-order valence-corrected chi connectivity index (χ0v) is 18.6. The van der Waals surface area contributed by atoms with Crippen molar-refractivity contribution >= 4 is 16.7 Å². The third-order valence-corrected chi connectivity index (χ3v) is 7.29. The summed E-state index contributed by atoms with van der Waals surface area (Å²) in [7, 11) is 2.83. The number of ether oxygens (including phenoxy) is 2. The van der Waals surface area contributed by atoms with Crippen molar-refractivity contribution in [2.45, 2.75) is 14.7 Å². The Kier molecular flexibility index (Phi) is 6.57. The summed E-state index contributed by atoms with van der Waals surface area (Å²) in [6, 6.07) is 29.2. The first-order valence-corrected chi connectivity index (χ1v) is 11.2. The molecule has 0 bridgehead atoms. The first kappa shape index (κ1) is 21.7. The lowest BCUT2D eigenvalue weighted by Gasteiger charge is -2.12. The fourth-order valence-electron chi connectivity index (χ4n) is 3.40. The first-order chi connectivity index (χ1) is 15.6. The van der Waals surface area contributed by atoms with Gasteiger partial charge in [0.1, 0.15) is 22.5 Å². The molecule has 0 aliphatic heterocycles. The monoisotopic (exact) mass is 445 g/mol. The van der Waals surface area contributed by atoms with Crippen molar-refractivity contribution in [3.63, 3.8) is 0 Å². The van der Waals surface area contributed by atoms with Gasteiger partial charge in [-0.25, -0.2) is 4.39 Å². The Labute approximate surface area is 189 Å². The van der Waals surface area contributed by atoms with Crippen LogP contribution in [0, 0.1) is 5.82 Å². The molecule has 4 rings (SSSR count). The molecule has 1 atom stereocenters. The molecular weight excluding hydrogens is 423 g/mol. The summed E-state index contributed by atoms with van der Waals surface area (Å²) in [5.41, 5.74) is 1.01. The highest BCUT2D eigenvalue weighted by Crippen LogP contribution is 2.38. The normalized spacial score (nSPS) is 11.6. The molecule has 0 aliphatic rings. The van der Waals surface area contributed by atoms with E-state index in [1.165, 1.54) is 24.3 Å². The Balaban J connectivity index is 1.74. The number of ketones is 1. The van der Waals surface area contributed by atoms with Crippen LogP contribution in [0.15, 0.2) is 112 Å². The van der Waals surface area contributed by atoms with Crippen molar-refractivity contribution < 1.29 is 18.7 Å². The average molecular weight is 446 g/mol. The Morgan fingerprint density at radius 3 is 1.91 bits per heavy atom. The van der Waals surface area contributed by atoms with Gasteiger partial charge in [0, 0.05) is 23.3 Å². The SMILES string of the molecule is COc1ccc([S+](c2ccccc2)c2ccc(C(=O)c3ccc(F)cc3)cc2)c(OC)c1. The molecule has 0 saturated carbocycles. The van der Waals surface area contributed by atoms with E-state index in [0.717, 1.165) is 26.2 Å². The van der Waals surface area contributed by atoms with Gasteiger partial charge >= 0.3 is 0 Å². The zero-order valence-electron chi connectivity index (χ0n) is 17.7. The van der Waals surface area contributed by atoms with E-state index in [2.05, 4.69) is 12.1 Å². The van der Waals surface area contributed by atoms with Crippen molar-refractivity contribution in [3.05, 3.63) is 114 Å². The van der Waals surface area contributed by atoms with Gasteiger partial charge in [-0.05, 0) is 66.7 Å². The third-order valence-electron chi connectivity index (χ3n) is 5.03. The van der Waals surface area contributed by atoms with Crippen LogP contribution < -0.4 is 9.47 Å².